The second-order valence-corrected chi connectivity index (χ2v) is 11.1. The van der Waals surface area contributed by atoms with Crippen LogP contribution >= 0.6 is 34.3 Å². The van der Waals surface area contributed by atoms with E-state index in [9.17, 15) is 9.59 Å². The largest absolute Gasteiger partial charge is 0.462 e. The molecule has 1 aliphatic carbocycles. The molecular weight excluding hydrogens is 514 g/mol. The van der Waals surface area contributed by atoms with E-state index in [-0.39, 0.29) is 12.5 Å². The number of hydrogen-bond donors (Lipinski definition) is 2. The monoisotopic (exact) mass is 539 g/mol. The number of benzene rings is 1. The molecular formula is C27H26ClN3O3S2. The normalized spacial score (nSPS) is 13.6. The summed E-state index contributed by atoms with van der Waals surface area (Å²) in [4.78, 5) is 32.3. The zero-order chi connectivity index (χ0) is 25.2. The van der Waals surface area contributed by atoms with Crippen LogP contribution in [0, 0.1) is 0 Å². The first kappa shape index (κ1) is 24.7. The quantitative estimate of drug-likeness (QED) is 0.258. The summed E-state index contributed by atoms with van der Waals surface area (Å²) in [5.41, 5.74) is 11.0. The van der Waals surface area contributed by atoms with Gasteiger partial charge in [0.1, 0.15) is 20.3 Å². The van der Waals surface area contributed by atoms with Crippen molar-refractivity contribution in [2.75, 3.05) is 17.7 Å². The maximum atomic E-state index is 13.4. The second-order valence-electron chi connectivity index (χ2n) is 8.74. The summed E-state index contributed by atoms with van der Waals surface area (Å²) in [6.07, 6.45) is 6.66. The first-order chi connectivity index (χ1) is 17.5. The summed E-state index contributed by atoms with van der Waals surface area (Å²) < 4.78 is 5.31. The molecule has 0 bridgehead atoms. The zero-order valence-electron chi connectivity index (χ0n) is 19.9. The number of pyridine rings is 1. The van der Waals surface area contributed by atoms with Crippen LogP contribution in [-0.4, -0.2) is 23.5 Å². The number of halogens is 1. The minimum atomic E-state index is -0.496. The van der Waals surface area contributed by atoms with Gasteiger partial charge in [-0.05, 0) is 61.9 Å². The molecule has 0 spiro atoms. The van der Waals surface area contributed by atoms with Gasteiger partial charge in [0.25, 0.3) is 5.91 Å². The predicted molar refractivity (Wildman–Crippen MR) is 149 cm³/mol. The van der Waals surface area contributed by atoms with E-state index in [1.54, 1.807) is 19.1 Å². The molecule has 4 aromatic rings. The Morgan fingerprint density at radius 1 is 1.14 bits per heavy atom. The molecule has 3 heterocycles. The number of nitrogen functional groups attached to an aromatic ring is 1. The third-order valence-electron chi connectivity index (χ3n) is 6.36. The highest BCUT2D eigenvalue weighted by atomic mass is 35.5. The number of fused-ring (bicyclic) bond motifs is 2. The van der Waals surface area contributed by atoms with Gasteiger partial charge in [-0.25, -0.2) is 9.78 Å². The van der Waals surface area contributed by atoms with Gasteiger partial charge in [0.15, 0.2) is 0 Å². The summed E-state index contributed by atoms with van der Waals surface area (Å²) >= 11 is 8.60. The molecule has 5 rings (SSSR count). The van der Waals surface area contributed by atoms with E-state index in [1.165, 1.54) is 41.1 Å². The van der Waals surface area contributed by atoms with Gasteiger partial charge in [-0.1, -0.05) is 36.6 Å². The van der Waals surface area contributed by atoms with Crippen molar-refractivity contribution >= 4 is 67.1 Å². The lowest BCUT2D eigenvalue weighted by atomic mass is 9.96. The molecule has 0 fully saturated rings. The Bertz CT molecular complexity index is 1440. The number of amides is 1. The van der Waals surface area contributed by atoms with E-state index in [0.717, 1.165) is 47.2 Å². The molecule has 1 amide bonds. The fourth-order valence-corrected chi connectivity index (χ4v) is 6.61. The highest BCUT2D eigenvalue weighted by Crippen LogP contribution is 2.39. The van der Waals surface area contributed by atoms with Gasteiger partial charge in [-0.15, -0.1) is 22.7 Å². The number of aromatic nitrogens is 1. The highest BCUT2D eigenvalue weighted by molar-refractivity contribution is 7.21. The molecule has 186 valence electrons. The molecule has 0 saturated carbocycles. The van der Waals surface area contributed by atoms with E-state index >= 15 is 0 Å². The van der Waals surface area contributed by atoms with Crippen LogP contribution in [0.15, 0.2) is 35.7 Å². The Kier molecular flexibility index (Phi) is 7.27. The average Bonchev–Trinajstić information content (AvgIpc) is 3.40. The predicted octanol–water partition coefficient (Wildman–Crippen LogP) is 7.35. The van der Waals surface area contributed by atoms with E-state index in [0.29, 0.717) is 31.7 Å². The minimum absolute atomic E-state index is 0.224. The number of nitrogens with two attached hydrogens (primary N) is 1. The van der Waals surface area contributed by atoms with Crippen molar-refractivity contribution in [2.45, 2.75) is 45.4 Å². The molecule has 1 aromatic carbocycles. The summed E-state index contributed by atoms with van der Waals surface area (Å²) in [6, 6.07) is 9.30. The SMILES string of the molecule is CCOC(=O)c1c(-c2ccc(Cl)cc2)csc1NC(=O)c1sc2nc3c(cc2c1N)CCCCCC3. The number of esters is 1. The van der Waals surface area contributed by atoms with E-state index in [1.807, 2.05) is 17.5 Å². The van der Waals surface area contributed by atoms with Gasteiger partial charge >= 0.3 is 5.97 Å². The first-order valence-corrected chi connectivity index (χ1v) is 14.1. The summed E-state index contributed by atoms with van der Waals surface area (Å²) in [5, 5.41) is 6.59. The molecule has 0 saturated heterocycles. The van der Waals surface area contributed by atoms with Gasteiger partial charge < -0.3 is 15.8 Å². The molecule has 1 aliphatic rings. The van der Waals surface area contributed by atoms with Crippen molar-refractivity contribution in [2.24, 2.45) is 0 Å². The Labute approximate surface area is 222 Å². The fourth-order valence-electron chi connectivity index (χ4n) is 4.54. The summed E-state index contributed by atoms with van der Waals surface area (Å²) in [6.45, 7) is 1.97. The zero-order valence-corrected chi connectivity index (χ0v) is 22.2. The molecule has 0 unspecified atom stereocenters. The molecule has 0 atom stereocenters. The number of nitrogens with one attached hydrogen (secondary N) is 1. The van der Waals surface area contributed by atoms with Gasteiger partial charge in [0.05, 0.1) is 12.3 Å². The van der Waals surface area contributed by atoms with Crippen LogP contribution in [0.25, 0.3) is 21.3 Å². The van der Waals surface area contributed by atoms with Crippen molar-refractivity contribution in [3.8, 4) is 11.1 Å². The van der Waals surface area contributed by atoms with E-state index in [2.05, 4.69) is 11.4 Å². The molecule has 3 N–H and O–H groups in total. The number of anilines is 2. The maximum Gasteiger partial charge on any atom is 0.341 e. The number of rotatable bonds is 5. The molecule has 9 heteroatoms. The second kappa shape index (κ2) is 10.6. The smallest absolute Gasteiger partial charge is 0.341 e. The number of carbonyl (C=O) groups excluding carboxylic acids is 2. The average molecular weight is 540 g/mol. The van der Waals surface area contributed by atoms with Crippen LogP contribution in [0.1, 0.15) is 63.9 Å². The molecule has 36 heavy (non-hydrogen) atoms. The van der Waals surface area contributed by atoms with Crippen LogP contribution in [0.4, 0.5) is 10.7 Å². The third-order valence-corrected chi connectivity index (χ3v) is 8.62. The number of aryl methyl sites for hydroxylation is 2. The van der Waals surface area contributed by atoms with Crippen LogP contribution in [0.5, 0.6) is 0 Å². The summed E-state index contributed by atoms with van der Waals surface area (Å²) in [7, 11) is 0. The van der Waals surface area contributed by atoms with E-state index in [4.69, 9.17) is 27.1 Å². The topological polar surface area (TPSA) is 94.3 Å². The number of hydrogen-bond acceptors (Lipinski definition) is 7. The van der Waals surface area contributed by atoms with Crippen LogP contribution < -0.4 is 11.1 Å². The molecule has 3 aromatic heterocycles. The number of carbonyl (C=O) groups is 2. The van der Waals surface area contributed by atoms with Crippen molar-refractivity contribution < 1.29 is 14.3 Å². The van der Waals surface area contributed by atoms with Crippen molar-refractivity contribution in [3.05, 3.63) is 62.4 Å². The van der Waals surface area contributed by atoms with Gasteiger partial charge in [-0.3, -0.25) is 4.79 Å². The maximum absolute atomic E-state index is 13.4. The van der Waals surface area contributed by atoms with Crippen LogP contribution in [0.3, 0.4) is 0 Å². The Morgan fingerprint density at radius 2 is 1.89 bits per heavy atom. The van der Waals surface area contributed by atoms with Gasteiger partial charge in [-0.2, -0.15) is 0 Å². The van der Waals surface area contributed by atoms with Crippen molar-refractivity contribution in [3.63, 3.8) is 0 Å². The molecule has 0 aliphatic heterocycles. The lowest BCUT2D eigenvalue weighted by Gasteiger charge is -2.12. The van der Waals surface area contributed by atoms with Gasteiger partial charge in [0.2, 0.25) is 0 Å². The number of thiophene rings is 2. The number of ether oxygens (including phenoxy) is 1. The van der Waals surface area contributed by atoms with E-state index < -0.39 is 5.97 Å². The van der Waals surface area contributed by atoms with Crippen LogP contribution in [0.2, 0.25) is 5.02 Å². The van der Waals surface area contributed by atoms with Gasteiger partial charge in [0, 0.05) is 27.0 Å². The summed E-state index contributed by atoms with van der Waals surface area (Å²) in [5.74, 6) is -0.859. The fraction of sp³-hybridized carbons (Fsp3) is 0.296. The third kappa shape index (κ3) is 4.85. The minimum Gasteiger partial charge on any atom is -0.462 e. The molecule has 6 nitrogen and oxygen atoms in total. The highest BCUT2D eigenvalue weighted by Gasteiger charge is 2.25. The Morgan fingerprint density at radius 3 is 2.64 bits per heavy atom. The molecule has 0 radical (unpaired) electrons. The standard InChI is InChI=1S/C27H26ClN3O3S2/c1-2-34-27(33)21-19(15-9-11-17(28)12-10-15)14-35-26(21)31-24(32)23-22(29)18-13-16-7-5-3-4-6-8-20(16)30-25(18)36-23/h9-14H,2-8,29H2,1H3,(H,31,32). The number of nitrogens with zero attached hydrogens (tertiary/aromatic N) is 1. The lowest BCUT2D eigenvalue weighted by molar-refractivity contribution is 0.0529. The first-order valence-electron chi connectivity index (χ1n) is 12.0. The Hall–Kier alpha value is -2.94. The van der Waals surface area contributed by atoms with Crippen LogP contribution in [-0.2, 0) is 17.6 Å². The van der Waals surface area contributed by atoms with Crippen molar-refractivity contribution in [1.82, 2.24) is 4.98 Å². The Balaban J connectivity index is 1.49. The lowest BCUT2D eigenvalue weighted by Crippen LogP contribution is -2.14. The van der Waals surface area contributed by atoms with Crippen molar-refractivity contribution in [1.29, 1.82) is 0 Å².